The SMILES string of the molecule is C[C@H](CCCCN)NC(=O)CCCCCC(C)(C)C. The molecule has 0 aliphatic heterocycles. The predicted molar refractivity (Wildman–Crippen MR) is 83.1 cm³/mol. The average molecular weight is 270 g/mol. The molecule has 0 fully saturated rings. The van der Waals surface area contributed by atoms with Gasteiger partial charge in [0.15, 0.2) is 0 Å². The van der Waals surface area contributed by atoms with Crippen LogP contribution in [0.2, 0.25) is 0 Å². The first-order chi connectivity index (χ1) is 8.85. The Bertz CT molecular complexity index is 233. The van der Waals surface area contributed by atoms with Gasteiger partial charge in [0.25, 0.3) is 0 Å². The molecular weight excluding hydrogens is 236 g/mol. The van der Waals surface area contributed by atoms with Crippen molar-refractivity contribution in [1.82, 2.24) is 5.32 Å². The zero-order valence-corrected chi connectivity index (χ0v) is 13.4. The van der Waals surface area contributed by atoms with Crippen LogP contribution in [-0.2, 0) is 4.79 Å². The van der Waals surface area contributed by atoms with Gasteiger partial charge >= 0.3 is 0 Å². The fourth-order valence-corrected chi connectivity index (χ4v) is 2.13. The normalized spacial score (nSPS) is 13.3. The van der Waals surface area contributed by atoms with E-state index >= 15 is 0 Å². The van der Waals surface area contributed by atoms with E-state index in [0.29, 0.717) is 11.8 Å². The van der Waals surface area contributed by atoms with Crippen LogP contribution in [0, 0.1) is 5.41 Å². The van der Waals surface area contributed by atoms with Gasteiger partial charge in [-0.1, -0.05) is 40.0 Å². The van der Waals surface area contributed by atoms with Crippen molar-refractivity contribution in [2.75, 3.05) is 6.54 Å². The Labute approximate surface area is 119 Å². The topological polar surface area (TPSA) is 55.1 Å². The summed E-state index contributed by atoms with van der Waals surface area (Å²) in [5.41, 5.74) is 5.87. The van der Waals surface area contributed by atoms with E-state index in [1.165, 1.54) is 12.8 Å². The number of unbranched alkanes of at least 4 members (excludes halogenated alkanes) is 3. The van der Waals surface area contributed by atoms with E-state index in [1.54, 1.807) is 0 Å². The zero-order valence-electron chi connectivity index (χ0n) is 13.4. The second kappa shape index (κ2) is 10.2. The first kappa shape index (κ1) is 18.4. The molecule has 3 N–H and O–H groups in total. The Morgan fingerprint density at radius 2 is 1.79 bits per heavy atom. The van der Waals surface area contributed by atoms with Crippen molar-refractivity contribution >= 4 is 5.91 Å². The monoisotopic (exact) mass is 270 g/mol. The van der Waals surface area contributed by atoms with Gasteiger partial charge in [-0.25, -0.2) is 0 Å². The fourth-order valence-electron chi connectivity index (χ4n) is 2.13. The molecule has 3 heteroatoms. The van der Waals surface area contributed by atoms with Crippen molar-refractivity contribution in [3.63, 3.8) is 0 Å². The molecule has 1 amide bonds. The van der Waals surface area contributed by atoms with Gasteiger partial charge in [-0.3, -0.25) is 4.79 Å². The minimum atomic E-state index is 0.205. The lowest BCUT2D eigenvalue weighted by Crippen LogP contribution is -2.32. The molecule has 0 aromatic rings. The largest absolute Gasteiger partial charge is 0.354 e. The number of amides is 1. The predicted octanol–water partition coefficient (Wildman–Crippen LogP) is 3.62. The molecule has 0 bridgehead atoms. The molecule has 0 aliphatic rings. The fraction of sp³-hybridized carbons (Fsp3) is 0.938. The summed E-state index contributed by atoms with van der Waals surface area (Å²) in [5.74, 6) is 0.205. The number of rotatable bonds is 10. The zero-order chi connectivity index (χ0) is 14.7. The van der Waals surface area contributed by atoms with Crippen molar-refractivity contribution in [3.05, 3.63) is 0 Å². The number of nitrogens with one attached hydrogen (secondary N) is 1. The second-order valence-corrected chi connectivity index (χ2v) is 6.87. The number of nitrogens with two attached hydrogens (primary N) is 1. The summed E-state index contributed by atoms with van der Waals surface area (Å²) in [6.07, 6.45) is 8.49. The summed E-state index contributed by atoms with van der Waals surface area (Å²) in [6.45, 7) is 9.62. The van der Waals surface area contributed by atoms with Crippen LogP contribution in [-0.4, -0.2) is 18.5 Å². The Kier molecular flexibility index (Phi) is 9.94. The van der Waals surface area contributed by atoms with Gasteiger partial charge in [-0.15, -0.1) is 0 Å². The Hall–Kier alpha value is -0.570. The Morgan fingerprint density at radius 3 is 2.37 bits per heavy atom. The van der Waals surface area contributed by atoms with Crippen molar-refractivity contribution in [2.45, 2.75) is 85.1 Å². The molecule has 0 unspecified atom stereocenters. The lowest BCUT2D eigenvalue weighted by Gasteiger charge is -2.17. The molecular formula is C16H34N2O. The van der Waals surface area contributed by atoms with Crippen molar-refractivity contribution in [2.24, 2.45) is 11.1 Å². The van der Waals surface area contributed by atoms with Crippen LogP contribution in [0.15, 0.2) is 0 Å². The van der Waals surface area contributed by atoms with Gasteiger partial charge in [0.2, 0.25) is 5.91 Å². The van der Waals surface area contributed by atoms with E-state index in [2.05, 4.69) is 33.0 Å². The summed E-state index contributed by atoms with van der Waals surface area (Å²) in [6, 6.07) is 0.286. The van der Waals surface area contributed by atoms with E-state index in [9.17, 15) is 4.79 Å². The minimum absolute atomic E-state index is 0.205. The third-order valence-corrected chi connectivity index (χ3v) is 3.33. The molecule has 0 rings (SSSR count). The van der Waals surface area contributed by atoms with Gasteiger partial charge in [0.1, 0.15) is 0 Å². The van der Waals surface area contributed by atoms with E-state index in [4.69, 9.17) is 5.73 Å². The molecule has 114 valence electrons. The van der Waals surface area contributed by atoms with Crippen LogP contribution in [0.25, 0.3) is 0 Å². The lowest BCUT2D eigenvalue weighted by atomic mass is 9.89. The molecule has 0 spiro atoms. The summed E-state index contributed by atoms with van der Waals surface area (Å²) in [7, 11) is 0. The maximum absolute atomic E-state index is 11.7. The van der Waals surface area contributed by atoms with E-state index in [0.717, 1.165) is 38.6 Å². The summed E-state index contributed by atoms with van der Waals surface area (Å²) >= 11 is 0. The maximum atomic E-state index is 11.7. The van der Waals surface area contributed by atoms with Crippen LogP contribution in [0.1, 0.15) is 79.1 Å². The lowest BCUT2D eigenvalue weighted by molar-refractivity contribution is -0.121. The first-order valence-electron chi connectivity index (χ1n) is 7.84. The van der Waals surface area contributed by atoms with Crippen LogP contribution in [0.4, 0.5) is 0 Å². The third-order valence-electron chi connectivity index (χ3n) is 3.33. The molecule has 1 atom stereocenters. The minimum Gasteiger partial charge on any atom is -0.354 e. The molecule has 0 aliphatic carbocycles. The Balaban J connectivity index is 3.48. The number of hydrogen-bond acceptors (Lipinski definition) is 2. The molecule has 0 aromatic heterocycles. The molecule has 0 aromatic carbocycles. The number of carbonyl (C=O) groups excluding carboxylic acids is 1. The maximum Gasteiger partial charge on any atom is 0.220 e. The number of hydrogen-bond donors (Lipinski definition) is 2. The van der Waals surface area contributed by atoms with Gasteiger partial charge in [-0.05, 0) is 44.6 Å². The van der Waals surface area contributed by atoms with Crippen molar-refractivity contribution in [1.29, 1.82) is 0 Å². The highest BCUT2D eigenvalue weighted by atomic mass is 16.1. The molecule has 19 heavy (non-hydrogen) atoms. The summed E-state index contributed by atoms with van der Waals surface area (Å²) in [4.78, 5) is 11.7. The highest BCUT2D eigenvalue weighted by molar-refractivity contribution is 5.76. The summed E-state index contributed by atoms with van der Waals surface area (Å²) in [5, 5.41) is 3.07. The Morgan fingerprint density at radius 1 is 1.11 bits per heavy atom. The molecule has 0 radical (unpaired) electrons. The van der Waals surface area contributed by atoms with E-state index in [-0.39, 0.29) is 11.9 Å². The standard InChI is InChI=1S/C16H34N2O/c1-14(10-7-9-13-17)18-15(19)11-6-5-8-12-16(2,3)4/h14H,5-13,17H2,1-4H3,(H,18,19)/t14-/m1/s1. The van der Waals surface area contributed by atoms with E-state index in [1.807, 2.05) is 0 Å². The molecule has 0 saturated heterocycles. The number of carbonyl (C=O) groups is 1. The van der Waals surface area contributed by atoms with Gasteiger partial charge in [0, 0.05) is 12.5 Å². The molecule has 0 heterocycles. The van der Waals surface area contributed by atoms with Gasteiger partial charge < -0.3 is 11.1 Å². The summed E-state index contributed by atoms with van der Waals surface area (Å²) < 4.78 is 0. The molecule has 3 nitrogen and oxygen atoms in total. The van der Waals surface area contributed by atoms with Crippen molar-refractivity contribution in [3.8, 4) is 0 Å². The highest BCUT2D eigenvalue weighted by Gasteiger charge is 2.10. The van der Waals surface area contributed by atoms with Crippen molar-refractivity contribution < 1.29 is 4.79 Å². The first-order valence-corrected chi connectivity index (χ1v) is 7.84. The smallest absolute Gasteiger partial charge is 0.220 e. The van der Waals surface area contributed by atoms with Crippen LogP contribution in [0.5, 0.6) is 0 Å². The quantitative estimate of drug-likeness (QED) is 0.596. The highest BCUT2D eigenvalue weighted by Crippen LogP contribution is 2.22. The van der Waals surface area contributed by atoms with Gasteiger partial charge in [0.05, 0.1) is 0 Å². The van der Waals surface area contributed by atoms with Crippen LogP contribution >= 0.6 is 0 Å². The van der Waals surface area contributed by atoms with Gasteiger partial charge in [-0.2, -0.15) is 0 Å². The van der Waals surface area contributed by atoms with E-state index < -0.39 is 0 Å². The second-order valence-electron chi connectivity index (χ2n) is 6.87. The van der Waals surface area contributed by atoms with Crippen LogP contribution < -0.4 is 11.1 Å². The third kappa shape index (κ3) is 13.7. The average Bonchev–Trinajstić information content (AvgIpc) is 2.27. The molecule has 0 saturated carbocycles. The van der Waals surface area contributed by atoms with Crippen LogP contribution in [0.3, 0.4) is 0 Å².